The molecule has 0 aliphatic rings. The molecule has 1 N–H and O–H groups in total. The first-order valence-corrected chi connectivity index (χ1v) is 8.68. The van der Waals surface area contributed by atoms with E-state index in [-0.39, 0.29) is 5.91 Å². The van der Waals surface area contributed by atoms with Crippen molar-refractivity contribution < 1.29 is 9.53 Å². The average Bonchev–Trinajstić information content (AvgIpc) is 2.53. The third-order valence-electron chi connectivity index (χ3n) is 3.76. The van der Waals surface area contributed by atoms with Crippen molar-refractivity contribution in [3.8, 4) is 5.75 Å². The largest absolute Gasteiger partial charge is 0.494 e. The van der Waals surface area contributed by atoms with Crippen molar-refractivity contribution in [3.05, 3.63) is 29.3 Å². The van der Waals surface area contributed by atoms with E-state index >= 15 is 0 Å². The summed E-state index contributed by atoms with van der Waals surface area (Å²) in [5.74, 6) is 1.51. The van der Waals surface area contributed by atoms with Crippen molar-refractivity contribution in [2.75, 3.05) is 13.2 Å². The number of carbonyl (C=O) groups excluding carboxylic acids is 1. The van der Waals surface area contributed by atoms with Crippen LogP contribution in [-0.4, -0.2) is 19.1 Å². The van der Waals surface area contributed by atoms with Crippen molar-refractivity contribution in [1.29, 1.82) is 0 Å². The van der Waals surface area contributed by atoms with Gasteiger partial charge in [-0.3, -0.25) is 4.79 Å². The number of carbonyl (C=O) groups is 1. The molecule has 0 aliphatic carbocycles. The molecule has 1 atom stereocenters. The van der Waals surface area contributed by atoms with E-state index in [4.69, 9.17) is 16.3 Å². The molecule has 0 bridgehead atoms. The number of benzene rings is 1. The van der Waals surface area contributed by atoms with E-state index in [9.17, 15) is 4.79 Å². The molecule has 124 valence electrons. The van der Waals surface area contributed by atoms with Gasteiger partial charge in [0.1, 0.15) is 5.75 Å². The third-order valence-corrected chi connectivity index (χ3v) is 4.01. The number of rotatable bonds is 11. The lowest BCUT2D eigenvalue weighted by atomic mass is 9.99. The summed E-state index contributed by atoms with van der Waals surface area (Å²) in [6, 6.07) is 7.26. The zero-order chi connectivity index (χ0) is 16.2. The summed E-state index contributed by atoms with van der Waals surface area (Å²) in [4.78, 5) is 11.8. The van der Waals surface area contributed by atoms with Crippen LogP contribution in [0.3, 0.4) is 0 Å². The van der Waals surface area contributed by atoms with Crippen LogP contribution >= 0.6 is 11.6 Å². The molecule has 0 spiro atoms. The Morgan fingerprint density at radius 1 is 1.23 bits per heavy atom. The van der Waals surface area contributed by atoms with Gasteiger partial charge in [0.2, 0.25) is 5.91 Å². The minimum absolute atomic E-state index is 0.120. The van der Waals surface area contributed by atoms with Gasteiger partial charge in [-0.15, -0.1) is 0 Å². The number of hydrogen-bond acceptors (Lipinski definition) is 2. The average molecular weight is 326 g/mol. The first-order chi connectivity index (χ1) is 10.7. The molecule has 1 amide bonds. The highest BCUT2D eigenvalue weighted by atomic mass is 35.5. The molecule has 0 saturated carbocycles. The van der Waals surface area contributed by atoms with Crippen LogP contribution in [0, 0.1) is 5.92 Å². The van der Waals surface area contributed by atoms with E-state index in [1.165, 1.54) is 19.3 Å². The van der Waals surface area contributed by atoms with Crippen LogP contribution in [0.25, 0.3) is 0 Å². The van der Waals surface area contributed by atoms with Gasteiger partial charge in [-0.2, -0.15) is 0 Å². The maximum atomic E-state index is 11.8. The Labute approximate surface area is 139 Å². The van der Waals surface area contributed by atoms with E-state index in [1.807, 2.05) is 12.1 Å². The molecule has 0 aliphatic heterocycles. The molecule has 22 heavy (non-hydrogen) atoms. The Morgan fingerprint density at radius 2 is 1.95 bits per heavy atom. The lowest BCUT2D eigenvalue weighted by Crippen LogP contribution is -2.29. The van der Waals surface area contributed by atoms with Gasteiger partial charge in [-0.1, -0.05) is 44.7 Å². The smallest absolute Gasteiger partial charge is 0.220 e. The van der Waals surface area contributed by atoms with Gasteiger partial charge in [-0.25, -0.2) is 0 Å². The molecule has 0 saturated heterocycles. The molecule has 0 radical (unpaired) electrons. The van der Waals surface area contributed by atoms with Crippen LogP contribution in [0.2, 0.25) is 5.02 Å². The third kappa shape index (κ3) is 8.28. The second-order valence-electron chi connectivity index (χ2n) is 5.63. The summed E-state index contributed by atoms with van der Waals surface area (Å²) in [7, 11) is 0. The zero-order valence-corrected chi connectivity index (χ0v) is 14.5. The molecule has 1 unspecified atom stereocenters. The van der Waals surface area contributed by atoms with Gasteiger partial charge >= 0.3 is 0 Å². The van der Waals surface area contributed by atoms with Crippen LogP contribution in [-0.2, 0) is 4.79 Å². The highest BCUT2D eigenvalue weighted by molar-refractivity contribution is 6.30. The van der Waals surface area contributed by atoms with Gasteiger partial charge < -0.3 is 10.1 Å². The van der Waals surface area contributed by atoms with E-state index in [0.29, 0.717) is 24.0 Å². The van der Waals surface area contributed by atoms with E-state index in [0.717, 1.165) is 25.1 Å². The Balaban J connectivity index is 2.11. The van der Waals surface area contributed by atoms with Crippen LogP contribution in [0.15, 0.2) is 24.3 Å². The second kappa shape index (κ2) is 11.4. The van der Waals surface area contributed by atoms with Crippen molar-refractivity contribution >= 4 is 17.5 Å². The fourth-order valence-electron chi connectivity index (χ4n) is 2.24. The molecule has 1 rings (SSSR count). The van der Waals surface area contributed by atoms with Crippen molar-refractivity contribution in [1.82, 2.24) is 5.32 Å². The number of halogens is 1. The Hall–Kier alpha value is -1.22. The van der Waals surface area contributed by atoms with E-state index in [1.54, 1.807) is 12.1 Å². The molecular weight excluding hydrogens is 298 g/mol. The molecule has 1 aromatic carbocycles. The standard InChI is InChI=1S/C18H28ClNO2/c1-3-5-7-15(4-2)14-20-18(21)8-6-13-22-17-11-9-16(19)10-12-17/h9-12,15H,3-8,13-14H2,1-2H3,(H,20,21). The van der Waals surface area contributed by atoms with Crippen LogP contribution in [0.5, 0.6) is 5.75 Å². The molecule has 3 nitrogen and oxygen atoms in total. The summed E-state index contributed by atoms with van der Waals surface area (Å²) >= 11 is 5.81. The first-order valence-electron chi connectivity index (χ1n) is 8.30. The van der Waals surface area contributed by atoms with Gasteiger partial charge in [0.15, 0.2) is 0 Å². The predicted molar refractivity (Wildman–Crippen MR) is 92.5 cm³/mol. The van der Waals surface area contributed by atoms with E-state index < -0.39 is 0 Å². The fourth-order valence-corrected chi connectivity index (χ4v) is 2.37. The zero-order valence-electron chi connectivity index (χ0n) is 13.7. The highest BCUT2D eigenvalue weighted by Gasteiger charge is 2.08. The van der Waals surface area contributed by atoms with Gasteiger partial charge in [0.05, 0.1) is 6.61 Å². The predicted octanol–water partition coefficient (Wildman–Crippen LogP) is 4.83. The highest BCUT2D eigenvalue weighted by Crippen LogP contribution is 2.15. The summed E-state index contributed by atoms with van der Waals surface area (Å²) in [6.07, 6.45) is 6.01. The Bertz CT molecular complexity index is 420. The van der Waals surface area contributed by atoms with E-state index in [2.05, 4.69) is 19.2 Å². The normalized spacial score (nSPS) is 12.0. The Kier molecular flexibility index (Phi) is 9.72. The lowest BCUT2D eigenvalue weighted by molar-refractivity contribution is -0.121. The summed E-state index contributed by atoms with van der Waals surface area (Å²) < 4.78 is 5.57. The van der Waals surface area contributed by atoms with Crippen LogP contribution < -0.4 is 10.1 Å². The summed E-state index contributed by atoms with van der Waals surface area (Å²) in [6.45, 7) is 5.73. The number of unbranched alkanes of at least 4 members (excludes halogenated alkanes) is 1. The molecule has 1 aromatic rings. The number of nitrogens with one attached hydrogen (secondary N) is 1. The van der Waals surface area contributed by atoms with Crippen molar-refractivity contribution in [2.24, 2.45) is 5.92 Å². The second-order valence-corrected chi connectivity index (χ2v) is 6.06. The minimum atomic E-state index is 0.120. The molecular formula is C18H28ClNO2. The van der Waals surface area contributed by atoms with Crippen LogP contribution in [0.1, 0.15) is 52.4 Å². The number of amides is 1. The summed E-state index contributed by atoms with van der Waals surface area (Å²) in [5, 5.41) is 3.73. The monoisotopic (exact) mass is 325 g/mol. The molecule has 4 heteroatoms. The van der Waals surface area contributed by atoms with Crippen LogP contribution in [0.4, 0.5) is 0 Å². The van der Waals surface area contributed by atoms with Gasteiger partial charge in [0, 0.05) is 18.0 Å². The fraction of sp³-hybridized carbons (Fsp3) is 0.611. The maximum absolute atomic E-state index is 11.8. The number of ether oxygens (including phenoxy) is 1. The molecule has 0 fully saturated rings. The molecule has 0 heterocycles. The molecule has 0 aromatic heterocycles. The van der Waals surface area contributed by atoms with Crippen molar-refractivity contribution in [3.63, 3.8) is 0 Å². The van der Waals surface area contributed by atoms with Gasteiger partial charge in [0.25, 0.3) is 0 Å². The summed E-state index contributed by atoms with van der Waals surface area (Å²) in [5.41, 5.74) is 0. The Morgan fingerprint density at radius 3 is 2.59 bits per heavy atom. The minimum Gasteiger partial charge on any atom is -0.494 e. The quantitative estimate of drug-likeness (QED) is 0.592. The first kappa shape index (κ1) is 18.8. The topological polar surface area (TPSA) is 38.3 Å². The van der Waals surface area contributed by atoms with Gasteiger partial charge in [-0.05, 0) is 43.0 Å². The number of hydrogen-bond donors (Lipinski definition) is 1. The SMILES string of the molecule is CCCCC(CC)CNC(=O)CCCOc1ccc(Cl)cc1. The van der Waals surface area contributed by atoms with Crippen molar-refractivity contribution in [2.45, 2.75) is 52.4 Å². The maximum Gasteiger partial charge on any atom is 0.220 e. The lowest BCUT2D eigenvalue weighted by Gasteiger charge is -2.15.